The molecule has 0 aliphatic carbocycles. The second-order valence-electron chi connectivity index (χ2n) is 9.38. The molecule has 0 aliphatic heterocycles. The van der Waals surface area contributed by atoms with Gasteiger partial charge in [-0.15, -0.1) is 0 Å². The van der Waals surface area contributed by atoms with Gasteiger partial charge in [-0.05, 0) is 52.1 Å². The Balaban J connectivity index is 4.04. The number of unbranched alkanes of at least 4 members (excludes halogenated alkanes) is 10. The summed E-state index contributed by atoms with van der Waals surface area (Å²) in [6.45, 7) is 2.25. The van der Waals surface area contributed by atoms with E-state index in [1.807, 2.05) is 7.05 Å². The molecular formula is C25H54N8O2. The molecule has 10 nitrogen and oxygen atoms in total. The van der Waals surface area contributed by atoms with E-state index in [9.17, 15) is 9.90 Å². The summed E-state index contributed by atoms with van der Waals surface area (Å²) in [5.74, 6) is 0.354. The molecule has 10 heteroatoms. The third-order valence-electron chi connectivity index (χ3n) is 6.06. The fraction of sp³-hybridized carbons (Fsp3) is 0.880. The van der Waals surface area contributed by atoms with Crippen LogP contribution in [0.3, 0.4) is 0 Å². The normalized spacial score (nSPS) is 12.6. The maximum Gasteiger partial charge on any atom is 0.220 e. The SMILES string of the molecule is CNCCCC(NC(=O)CCCCCCCCN=C(N)N)C(O)CCCCCCCCN=C(N)N. The molecule has 0 aromatic rings. The lowest BCUT2D eigenvalue weighted by atomic mass is 9.98. The quantitative estimate of drug-likeness (QED) is 0.0599. The Labute approximate surface area is 213 Å². The zero-order chi connectivity index (χ0) is 26.2. The van der Waals surface area contributed by atoms with Gasteiger partial charge >= 0.3 is 0 Å². The third-order valence-corrected chi connectivity index (χ3v) is 6.06. The number of aliphatic hydroxyl groups excluding tert-OH is 1. The average Bonchev–Trinajstić information content (AvgIpc) is 2.80. The van der Waals surface area contributed by atoms with Crippen LogP contribution in [0.25, 0.3) is 0 Å². The summed E-state index contributed by atoms with van der Waals surface area (Å²) in [7, 11) is 1.92. The molecule has 0 aliphatic rings. The summed E-state index contributed by atoms with van der Waals surface area (Å²) in [5, 5.41) is 17.0. The van der Waals surface area contributed by atoms with Crippen molar-refractivity contribution in [3.05, 3.63) is 0 Å². The summed E-state index contributed by atoms with van der Waals surface area (Å²) >= 11 is 0. The van der Waals surface area contributed by atoms with E-state index in [0.29, 0.717) is 19.5 Å². The van der Waals surface area contributed by atoms with Crippen LogP contribution in [0.5, 0.6) is 0 Å². The monoisotopic (exact) mass is 498 g/mol. The van der Waals surface area contributed by atoms with Crippen LogP contribution in [0.4, 0.5) is 0 Å². The number of aliphatic imine (C=N–C) groups is 2. The summed E-state index contributed by atoms with van der Waals surface area (Å²) < 4.78 is 0. The number of nitrogens with two attached hydrogens (primary N) is 4. The number of guanidine groups is 2. The number of carbonyl (C=O) groups is 1. The fourth-order valence-electron chi connectivity index (χ4n) is 4.03. The highest BCUT2D eigenvalue weighted by molar-refractivity contribution is 5.76. The molecule has 0 aromatic heterocycles. The Bertz CT molecular complexity index is 564. The molecule has 0 radical (unpaired) electrons. The van der Waals surface area contributed by atoms with E-state index < -0.39 is 6.10 Å². The van der Waals surface area contributed by atoms with Crippen molar-refractivity contribution in [3.63, 3.8) is 0 Å². The lowest BCUT2D eigenvalue weighted by Gasteiger charge is -2.24. The first-order valence-corrected chi connectivity index (χ1v) is 13.6. The van der Waals surface area contributed by atoms with E-state index in [-0.39, 0.29) is 23.9 Å². The van der Waals surface area contributed by atoms with Gasteiger partial charge in [0, 0.05) is 19.5 Å². The van der Waals surface area contributed by atoms with Crippen LogP contribution in [0.1, 0.15) is 103 Å². The fourth-order valence-corrected chi connectivity index (χ4v) is 4.03. The number of hydrogen-bond acceptors (Lipinski definition) is 5. The van der Waals surface area contributed by atoms with E-state index in [1.165, 1.54) is 0 Å². The highest BCUT2D eigenvalue weighted by Gasteiger charge is 2.20. The van der Waals surface area contributed by atoms with Gasteiger partial charge in [-0.2, -0.15) is 0 Å². The Hall–Kier alpha value is -2.07. The Kier molecular flexibility index (Phi) is 22.3. The number of amides is 1. The molecular weight excluding hydrogens is 444 g/mol. The molecule has 11 N–H and O–H groups in total. The van der Waals surface area contributed by atoms with E-state index in [4.69, 9.17) is 22.9 Å². The van der Waals surface area contributed by atoms with Crippen LogP contribution in [-0.4, -0.2) is 61.8 Å². The van der Waals surface area contributed by atoms with Gasteiger partial charge in [-0.1, -0.05) is 57.8 Å². The number of nitrogens with one attached hydrogen (secondary N) is 2. The van der Waals surface area contributed by atoms with Crippen molar-refractivity contribution in [2.24, 2.45) is 32.9 Å². The predicted molar refractivity (Wildman–Crippen MR) is 147 cm³/mol. The number of aliphatic hydroxyl groups is 1. The molecule has 0 fully saturated rings. The van der Waals surface area contributed by atoms with Crippen molar-refractivity contribution in [2.75, 3.05) is 26.7 Å². The molecule has 0 rings (SSSR count). The minimum atomic E-state index is -0.497. The van der Waals surface area contributed by atoms with Crippen LogP contribution < -0.4 is 33.6 Å². The molecule has 35 heavy (non-hydrogen) atoms. The highest BCUT2D eigenvalue weighted by atomic mass is 16.3. The first-order valence-electron chi connectivity index (χ1n) is 13.6. The molecule has 0 spiro atoms. The molecule has 2 unspecified atom stereocenters. The maximum atomic E-state index is 12.5. The van der Waals surface area contributed by atoms with Gasteiger partial charge in [0.05, 0.1) is 12.1 Å². The van der Waals surface area contributed by atoms with Crippen LogP contribution in [-0.2, 0) is 4.79 Å². The van der Waals surface area contributed by atoms with Crippen LogP contribution in [0.2, 0.25) is 0 Å². The van der Waals surface area contributed by atoms with Gasteiger partial charge in [0.15, 0.2) is 11.9 Å². The van der Waals surface area contributed by atoms with Gasteiger partial charge in [-0.25, -0.2) is 0 Å². The first-order chi connectivity index (χ1) is 16.9. The van der Waals surface area contributed by atoms with Crippen molar-refractivity contribution >= 4 is 17.8 Å². The second kappa shape index (κ2) is 23.7. The average molecular weight is 499 g/mol. The minimum Gasteiger partial charge on any atom is -0.391 e. The maximum absolute atomic E-state index is 12.5. The number of carbonyl (C=O) groups excluding carboxylic acids is 1. The summed E-state index contributed by atoms with van der Waals surface area (Å²) in [5.41, 5.74) is 21.3. The minimum absolute atomic E-state index is 0.0482. The summed E-state index contributed by atoms with van der Waals surface area (Å²) in [6.07, 6.45) is 15.1. The predicted octanol–water partition coefficient (Wildman–Crippen LogP) is 1.84. The van der Waals surface area contributed by atoms with Crippen molar-refractivity contribution in [3.8, 4) is 0 Å². The van der Waals surface area contributed by atoms with Crippen LogP contribution in [0, 0.1) is 0 Å². The third kappa shape index (κ3) is 23.4. The molecule has 0 heterocycles. The van der Waals surface area contributed by atoms with E-state index >= 15 is 0 Å². The topological polar surface area (TPSA) is 190 Å². The van der Waals surface area contributed by atoms with Crippen LogP contribution in [0.15, 0.2) is 9.98 Å². The molecule has 2 atom stereocenters. The molecule has 0 saturated heterocycles. The van der Waals surface area contributed by atoms with Gasteiger partial charge in [0.1, 0.15) is 0 Å². The van der Waals surface area contributed by atoms with Gasteiger partial charge in [0.25, 0.3) is 0 Å². The van der Waals surface area contributed by atoms with E-state index in [2.05, 4.69) is 20.6 Å². The van der Waals surface area contributed by atoms with Crippen molar-refractivity contribution in [1.82, 2.24) is 10.6 Å². The van der Waals surface area contributed by atoms with Gasteiger partial charge in [-0.3, -0.25) is 14.8 Å². The molecule has 206 valence electrons. The zero-order valence-corrected chi connectivity index (χ0v) is 22.1. The zero-order valence-electron chi connectivity index (χ0n) is 22.1. The van der Waals surface area contributed by atoms with E-state index in [1.54, 1.807) is 0 Å². The largest absolute Gasteiger partial charge is 0.391 e. The smallest absolute Gasteiger partial charge is 0.220 e. The standard InChI is InChI=1S/C25H54N8O2/c1-30-18-14-15-21(22(34)16-10-6-2-4-8-12-19-31-24(26)27)33-23(35)17-11-7-3-5-9-13-20-32-25(28)29/h21-22,30,34H,2-20H2,1H3,(H,33,35)(H4,26,27,31)(H4,28,29,32). The highest BCUT2D eigenvalue weighted by Crippen LogP contribution is 2.14. The summed E-state index contributed by atoms with van der Waals surface area (Å²) in [4.78, 5) is 20.4. The molecule has 1 amide bonds. The lowest BCUT2D eigenvalue weighted by Crippen LogP contribution is -2.43. The van der Waals surface area contributed by atoms with Gasteiger partial charge in [0.2, 0.25) is 5.91 Å². The lowest BCUT2D eigenvalue weighted by molar-refractivity contribution is -0.122. The Morgan fingerprint density at radius 3 is 1.71 bits per heavy atom. The molecule has 0 saturated carbocycles. The number of nitrogens with zero attached hydrogens (tertiary/aromatic N) is 2. The Morgan fingerprint density at radius 2 is 1.20 bits per heavy atom. The molecule has 0 bridgehead atoms. The van der Waals surface area contributed by atoms with Gasteiger partial charge < -0.3 is 38.7 Å². The summed E-state index contributed by atoms with van der Waals surface area (Å²) in [6, 6.07) is -0.175. The van der Waals surface area contributed by atoms with Crippen molar-refractivity contribution < 1.29 is 9.90 Å². The first kappa shape index (κ1) is 32.9. The number of rotatable bonds is 24. The Morgan fingerprint density at radius 1 is 0.714 bits per heavy atom. The number of hydrogen-bond donors (Lipinski definition) is 7. The van der Waals surface area contributed by atoms with Crippen molar-refractivity contribution in [2.45, 2.75) is 115 Å². The second-order valence-corrected chi connectivity index (χ2v) is 9.38. The van der Waals surface area contributed by atoms with E-state index in [0.717, 1.165) is 103 Å². The van der Waals surface area contributed by atoms with Crippen LogP contribution >= 0.6 is 0 Å². The van der Waals surface area contributed by atoms with Crippen molar-refractivity contribution in [1.29, 1.82) is 0 Å². The molecule has 0 aromatic carbocycles.